The molecule has 2 nitrogen and oxygen atoms in total. The van der Waals surface area contributed by atoms with Crippen molar-refractivity contribution < 1.29 is 4.79 Å². The molecule has 2 aromatic rings. The van der Waals surface area contributed by atoms with Crippen LogP contribution < -0.4 is 0 Å². The van der Waals surface area contributed by atoms with Gasteiger partial charge in [0, 0.05) is 5.02 Å². The van der Waals surface area contributed by atoms with Gasteiger partial charge in [0.15, 0.2) is 0 Å². The normalized spacial score (nSPS) is 17.8. The highest BCUT2D eigenvalue weighted by atomic mass is 35.5. The van der Waals surface area contributed by atoms with Gasteiger partial charge in [-0.25, -0.2) is 0 Å². The molecule has 0 spiro atoms. The molecular weight excluding hydrogens is 346 g/mol. The second-order valence-corrected chi connectivity index (χ2v) is 7.30. The number of thioether (sulfide) groups is 1. The van der Waals surface area contributed by atoms with Gasteiger partial charge < -0.3 is 0 Å². The molecule has 1 aliphatic heterocycles. The predicted molar refractivity (Wildman–Crippen MR) is 101 cm³/mol. The summed E-state index contributed by atoms with van der Waals surface area (Å²) in [5.74, 6) is -0.0497. The van der Waals surface area contributed by atoms with Crippen molar-refractivity contribution in [3.05, 3.63) is 75.7 Å². The van der Waals surface area contributed by atoms with E-state index in [1.807, 2.05) is 55.5 Å². The number of amides is 1. The summed E-state index contributed by atoms with van der Waals surface area (Å²) >= 11 is 12.6. The topological polar surface area (TPSA) is 20.3 Å². The highest BCUT2D eigenvalue weighted by Gasteiger charge is 2.35. The Balaban J connectivity index is 1.86. The number of carbonyl (C=O) groups is 1. The van der Waals surface area contributed by atoms with Crippen LogP contribution in [0.1, 0.15) is 24.1 Å². The van der Waals surface area contributed by atoms with Crippen LogP contribution in [0.2, 0.25) is 5.02 Å². The van der Waals surface area contributed by atoms with Crippen LogP contribution >= 0.6 is 35.6 Å². The zero-order valence-corrected chi connectivity index (χ0v) is 14.8. The molecule has 23 heavy (non-hydrogen) atoms. The molecule has 0 aromatic heterocycles. The Morgan fingerprint density at radius 3 is 2.43 bits per heavy atom. The Morgan fingerprint density at radius 1 is 1.13 bits per heavy atom. The van der Waals surface area contributed by atoms with E-state index in [9.17, 15) is 4.79 Å². The summed E-state index contributed by atoms with van der Waals surface area (Å²) in [6.07, 6.45) is 1.85. The van der Waals surface area contributed by atoms with Crippen molar-refractivity contribution in [3.63, 3.8) is 0 Å². The average molecular weight is 360 g/mol. The van der Waals surface area contributed by atoms with Gasteiger partial charge in [-0.05, 0) is 36.3 Å². The predicted octanol–water partition coefficient (Wildman–Crippen LogP) is 5.30. The van der Waals surface area contributed by atoms with Crippen LogP contribution in [0.4, 0.5) is 0 Å². The number of benzene rings is 2. The largest absolute Gasteiger partial charge is 0.286 e. The number of nitrogens with zero attached hydrogens (tertiary/aromatic N) is 1. The zero-order valence-electron chi connectivity index (χ0n) is 12.4. The highest BCUT2D eigenvalue weighted by Crippen LogP contribution is 2.37. The van der Waals surface area contributed by atoms with E-state index < -0.39 is 0 Å². The summed E-state index contributed by atoms with van der Waals surface area (Å²) in [5, 5.41) is 0.674. The summed E-state index contributed by atoms with van der Waals surface area (Å²) in [4.78, 5) is 15.0. The van der Waals surface area contributed by atoms with Crippen molar-refractivity contribution >= 4 is 51.9 Å². The van der Waals surface area contributed by atoms with E-state index >= 15 is 0 Å². The molecule has 1 saturated heterocycles. The lowest BCUT2D eigenvalue weighted by atomic mass is 10.1. The number of hydrogen-bond acceptors (Lipinski definition) is 3. The number of carbonyl (C=O) groups excluding carboxylic acids is 1. The van der Waals surface area contributed by atoms with Gasteiger partial charge in [-0.1, -0.05) is 78.0 Å². The molecule has 1 atom stereocenters. The van der Waals surface area contributed by atoms with Crippen LogP contribution in [0, 0.1) is 0 Å². The van der Waals surface area contributed by atoms with Crippen molar-refractivity contribution in [2.24, 2.45) is 0 Å². The van der Waals surface area contributed by atoms with E-state index in [1.165, 1.54) is 11.8 Å². The molecule has 1 unspecified atom stereocenters. The van der Waals surface area contributed by atoms with Gasteiger partial charge in [-0.3, -0.25) is 9.69 Å². The fraction of sp³-hybridized carbons (Fsp3) is 0.111. The lowest BCUT2D eigenvalue weighted by molar-refractivity contribution is -0.123. The number of rotatable bonds is 3. The van der Waals surface area contributed by atoms with Gasteiger partial charge in [0.05, 0.1) is 10.9 Å². The van der Waals surface area contributed by atoms with Gasteiger partial charge in [0.25, 0.3) is 5.91 Å². The first-order valence-electron chi connectivity index (χ1n) is 7.14. The molecule has 1 heterocycles. The summed E-state index contributed by atoms with van der Waals surface area (Å²) in [5.41, 5.74) is 2.00. The third-order valence-corrected chi connectivity index (χ3v) is 5.24. The Bertz CT molecular complexity index is 771. The first-order chi connectivity index (χ1) is 11.1. The van der Waals surface area contributed by atoms with Gasteiger partial charge in [-0.15, -0.1) is 0 Å². The molecular formula is C18H14ClNOS2. The van der Waals surface area contributed by atoms with Crippen LogP contribution in [-0.2, 0) is 4.79 Å². The molecule has 3 rings (SSSR count). The van der Waals surface area contributed by atoms with Crippen molar-refractivity contribution in [1.29, 1.82) is 0 Å². The van der Waals surface area contributed by atoms with Crippen LogP contribution in [0.3, 0.4) is 0 Å². The Kier molecular flexibility index (Phi) is 4.85. The van der Waals surface area contributed by atoms with Crippen LogP contribution in [0.25, 0.3) is 6.08 Å². The van der Waals surface area contributed by atoms with Crippen LogP contribution in [0.5, 0.6) is 0 Å². The Labute approximate surface area is 150 Å². The molecule has 0 N–H and O–H groups in total. The maximum absolute atomic E-state index is 12.7. The fourth-order valence-corrected chi connectivity index (χ4v) is 3.95. The molecule has 0 aliphatic carbocycles. The third kappa shape index (κ3) is 3.50. The lowest BCUT2D eigenvalue weighted by Crippen LogP contribution is -2.30. The Morgan fingerprint density at radius 2 is 1.78 bits per heavy atom. The molecule has 116 valence electrons. The molecule has 0 bridgehead atoms. The van der Waals surface area contributed by atoms with Crippen LogP contribution in [0.15, 0.2) is 59.5 Å². The van der Waals surface area contributed by atoms with E-state index in [0.29, 0.717) is 14.2 Å². The summed E-state index contributed by atoms with van der Waals surface area (Å²) < 4.78 is 0.589. The zero-order chi connectivity index (χ0) is 16.4. The summed E-state index contributed by atoms with van der Waals surface area (Å²) in [7, 11) is 0. The van der Waals surface area contributed by atoms with Crippen molar-refractivity contribution in [3.8, 4) is 0 Å². The monoisotopic (exact) mass is 359 g/mol. The molecule has 2 aromatic carbocycles. The van der Waals surface area contributed by atoms with Gasteiger partial charge >= 0.3 is 0 Å². The van der Waals surface area contributed by atoms with Gasteiger partial charge in [0.1, 0.15) is 4.32 Å². The first-order valence-corrected chi connectivity index (χ1v) is 8.74. The fourth-order valence-electron chi connectivity index (χ4n) is 2.40. The summed E-state index contributed by atoms with van der Waals surface area (Å²) in [6.45, 7) is 1.99. The van der Waals surface area contributed by atoms with Gasteiger partial charge in [0.2, 0.25) is 0 Å². The molecule has 1 fully saturated rings. The van der Waals surface area contributed by atoms with Crippen LogP contribution in [-0.4, -0.2) is 15.1 Å². The molecule has 1 amide bonds. The third-order valence-electron chi connectivity index (χ3n) is 3.66. The quantitative estimate of drug-likeness (QED) is 0.547. The summed E-state index contributed by atoms with van der Waals surface area (Å²) in [6, 6.07) is 17.2. The van der Waals surface area contributed by atoms with Crippen molar-refractivity contribution in [2.45, 2.75) is 13.0 Å². The lowest BCUT2D eigenvalue weighted by Gasteiger charge is -2.23. The molecule has 0 saturated carbocycles. The minimum atomic E-state index is -0.0835. The average Bonchev–Trinajstić information content (AvgIpc) is 2.84. The van der Waals surface area contributed by atoms with E-state index in [1.54, 1.807) is 17.0 Å². The number of thiocarbonyl (C=S) groups is 1. The molecule has 1 aliphatic rings. The maximum Gasteiger partial charge on any atom is 0.266 e. The maximum atomic E-state index is 12.7. The van der Waals surface area contributed by atoms with Gasteiger partial charge in [-0.2, -0.15) is 0 Å². The number of halogens is 1. The second-order valence-electron chi connectivity index (χ2n) is 5.19. The SMILES string of the molecule is CC(c1ccccc1)N1C(=O)C(=Cc2ccc(Cl)cc2)SC1=S. The van der Waals surface area contributed by atoms with Crippen molar-refractivity contribution in [1.82, 2.24) is 4.90 Å². The standard InChI is InChI=1S/C18H14ClNOS2/c1-12(14-5-3-2-4-6-14)20-17(21)16(23-18(20)22)11-13-7-9-15(19)10-8-13/h2-12H,1H3. The highest BCUT2D eigenvalue weighted by molar-refractivity contribution is 8.26. The Hall–Kier alpha value is -1.62. The minimum absolute atomic E-state index is 0.0497. The van der Waals surface area contributed by atoms with E-state index in [2.05, 4.69) is 0 Å². The second kappa shape index (κ2) is 6.87. The van der Waals surface area contributed by atoms with E-state index in [-0.39, 0.29) is 11.9 Å². The molecule has 0 radical (unpaired) electrons. The number of hydrogen-bond donors (Lipinski definition) is 0. The minimum Gasteiger partial charge on any atom is -0.286 e. The smallest absolute Gasteiger partial charge is 0.266 e. The first kappa shape index (κ1) is 16.2. The van der Waals surface area contributed by atoms with E-state index in [4.69, 9.17) is 23.8 Å². The van der Waals surface area contributed by atoms with E-state index in [0.717, 1.165) is 11.1 Å². The van der Waals surface area contributed by atoms with Crippen molar-refractivity contribution in [2.75, 3.05) is 0 Å². The molecule has 5 heteroatoms.